The topological polar surface area (TPSA) is 127 Å². The number of carbonyl (C=O) groups is 1. The fourth-order valence-corrected chi connectivity index (χ4v) is 3.51. The molecule has 4 aromatic rings. The van der Waals surface area contributed by atoms with Crippen LogP contribution in [-0.4, -0.2) is 46.2 Å². The van der Waals surface area contributed by atoms with Crippen LogP contribution in [0.15, 0.2) is 47.5 Å². The summed E-state index contributed by atoms with van der Waals surface area (Å²) in [6, 6.07) is 7.77. The third-order valence-electron chi connectivity index (χ3n) is 5.03. The molecule has 2 N–H and O–H groups in total. The van der Waals surface area contributed by atoms with E-state index in [0.717, 1.165) is 9.25 Å². The summed E-state index contributed by atoms with van der Waals surface area (Å²) in [6.45, 7) is 0.806. The molecule has 1 aromatic carbocycles. The van der Waals surface area contributed by atoms with E-state index in [9.17, 15) is 22.8 Å². The average molecular weight is 507 g/mol. The summed E-state index contributed by atoms with van der Waals surface area (Å²) < 4.78 is 41.8. The van der Waals surface area contributed by atoms with Crippen molar-refractivity contribution in [1.29, 1.82) is 0 Å². The number of hydrogen-bond acceptors (Lipinski definition) is 6. The summed E-state index contributed by atoms with van der Waals surface area (Å²) in [7, 11) is 0. The lowest BCUT2D eigenvalue weighted by molar-refractivity contribution is -0.136. The molecule has 0 saturated carbocycles. The van der Waals surface area contributed by atoms with Gasteiger partial charge >= 0.3 is 11.9 Å². The molecule has 0 bridgehead atoms. The van der Waals surface area contributed by atoms with Gasteiger partial charge in [-0.1, -0.05) is 11.6 Å². The van der Waals surface area contributed by atoms with Gasteiger partial charge in [0, 0.05) is 29.5 Å². The molecule has 0 radical (unpaired) electrons. The van der Waals surface area contributed by atoms with Gasteiger partial charge in [-0.3, -0.25) is 14.3 Å². The van der Waals surface area contributed by atoms with Crippen molar-refractivity contribution in [2.24, 2.45) is 5.73 Å². The Balaban J connectivity index is 1.76. The summed E-state index contributed by atoms with van der Waals surface area (Å²) in [4.78, 5) is 33.1. The molecule has 3 aromatic heterocycles. The van der Waals surface area contributed by atoms with Crippen LogP contribution in [-0.2, 0) is 13.1 Å². The Morgan fingerprint density at radius 1 is 1.14 bits per heavy atom. The number of hydrogen-bond donors (Lipinski definition) is 1. The van der Waals surface area contributed by atoms with Crippen molar-refractivity contribution < 1.29 is 18.0 Å². The van der Waals surface area contributed by atoms with E-state index in [0.29, 0.717) is 21.8 Å². The van der Waals surface area contributed by atoms with Gasteiger partial charge < -0.3 is 5.73 Å². The zero-order chi connectivity index (χ0) is 25.3. The number of carbonyl (C=O) groups excluding carboxylic acids is 1. The zero-order valence-corrected chi connectivity index (χ0v) is 19.0. The summed E-state index contributed by atoms with van der Waals surface area (Å²) in [5.41, 5.74) is 6.24. The number of alkyl halides is 3. The van der Waals surface area contributed by atoms with Crippen molar-refractivity contribution in [3.63, 3.8) is 0 Å². The number of amides is 1. The van der Waals surface area contributed by atoms with E-state index >= 15 is 0 Å². The van der Waals surface area contributed by atoms with Crippen LogP contribution in [0.3, 0.4) is 0 Å². The van der Waals surface area contributed by atoms with Crippen LogP contribution in [0.1, 0.15) is 28.4 Å². The third-order valence-corrected chi connectivity index (χ3v) is 5.28. The van der Waals surface area contributed by atoms with Crippen molar-refractivity contribution in [1.82, 2.24) is 34.1 Å². The summed E-state index contributed by atoms with van der Waals surface area (Å²) in [5.74, 6) is -1.00. The molecule has 0 unspecified atom stereocenters. The van der Waals surface area contributed by atoms with E-state index in [-0.39, 0.29) is 24.0 Å². The zero-order valence-electron chi connectivity index (χ0n) is 18.2. The minimum Gasteiger partial charge on any atom is -0.363 e. The molecule has 14 heteroatoms. The number of aryl methyl sites for hydroxylation is 1. The SMILES string of the molecule is Cc1cnccc1-n1nc(Cn2nc(-c3ccc(Cl)cc3)n(CCC(F)(F)F)c2=O)nc1C(N)=O. The molecule has 0 fully saturated rings. The fraction of sp³-hybridized carbons (Fsp3) is 0.238. The summed E-state index contributed by atoms with van der Waals surface area (Å²) >= 11 is 5.90. The molecule has 0 atom stereocenters. The van der Waals surface area contributed by atoms with Gasteiger partial charge in [0.25, 0.3) is 5.91 Å². The van der Waals surface area contributed by atoms with E-state index < -0.39 is 30.7 Å². The molecule has 3 heterocycles. The Hall–Kier alpha value is -4.00. The van der Waals surface area contributed by atoms with Crippen LogP contribution in [0.2, 0.25) is 5.02 Å². The van der Waals surface area contributed by atoms with E-state index in [1.165, 1.54) is 23.0 Å². The second-order valence-corrected chi connectivity index (χ2v) is 8.01. The lowest BCUT2D eigenvalue weighted by Gasteiger charge is -2.08. The number of rotatable bonds is 7. The molecule has 0 saturated heterocycles. The molecule has 0 aliphatic heterocycles. The Bertz CT molecular complexity index is 1440. The molecule has 4 rings (SSSR count). The van der Waals surface area contributed by atoms with E-state index in [1.807, 2.05) is 0 Å². The van der Waals surface area contributed by atoms with Crippen molar-refractivity contribution in [3.05, 3.63) is 75.4 Å². The van der Waals surface area contributed by atoms with Crippen molar-refractivity contribution >= 4 is 17.5 Å². The molecule has 0 spiro atoms. The Morgan fingerprint density at radius 3 is 2.49 bits per heavy atom. The lowest BCUT2D eigenvalue weighted by atomic mass is 10.2. The first kappa shape index (κ1) is 24.1. The molecule has 182 valence electrons. The van der Waals surface area contributed by atoms with Gasteiger partial charge in [-0.05, 0) is 42.8 Å². The average Bonchev–Trinajstić information content (AvgIpc) is 3.34. The number of nitrogens with two attached hydrogens (primary N) is 1. The Labute approximate surface area is 200 Å². The molecule has 0 aliphatic carbocycles. The Morgan fingerprint density at radius 2 is 1.86 bits per heavy atom. The maximum absolute atomic E-state index is 13.0. The van der Waals surface area contributed by atoms with Gasteiger partial charge in [-0.15, -0.1) is 10.2 Å². The van der Waals surface area contributed by atoms with Crippen LogP contribution in [0.25, 0.3) is 17.1 Å². The number of pyridine rings is 1. The fourth-order valence-electron chi connectivity index (χ4n) is 3.38. The first-order valence-corrected chi connectivity index (χ1v) is 10.6. The van der Waals surface area contributed by atoms with Crippen LogP contribution in [0.5, 0.6) is 0 Å². The van der Waals surface area contributed by atoms with Crippen LogP contribution < -0.4 is 11.4 Å². The Kier molecular flexibility index (Phi) is 6.43. The standard InChI is InChI=1S/C21H18ClF3N8O2/c1-12-10-27-8-6-15(12)33-19(17(26)34)28-16(29-33)11-32-20(35)31(9-7-21(23,24)25)18(30-32)13-2-4-14(22)5-3-13/h2-6,8,10H,7,9,11H2,1H3,(H2,26,34). The van der Waals surface area contributed by atoms with Crippen molar-refractivity contribution in [3.8, 4) is 17.1 Å². The third kappa shape index (κ3) is 5.24. The number of nitrogens with zero attached hydrogens (tertiary/aromatic N) is 7. The number of primary amides is 1. The van der Waals surface area contributed by atoms with Crippen molar-refractivity contribution in [2.45, 2.75) is 32.6 Å². The van der Waals surface area contributed by atoms with Gasteiger partial charge in [0.15, 0.2) is 11.6 Å². The van der Waals surface area contributed by atoms with Crippen LogP contribution >= 0.6 is 11.6 Å². The molecule has 10 nitrogen and oxygen atoms in total. The molecule has 35 heavy (non-hydrogen) atoms. The number of aromatic nitrogens is 7. The van der Waals surface area contributed by atoms with Gasteiger partial charge in [0.1, 0.15) is 6.54 Å². The first-order chi connectivity index (χ1) is 16.5. The lowest BCUT2D eigenvalue weighted by Crippen LogP contribution is -2.27. The maximum atomic E-state index is 13.0. The maximum Gasteiger partial charge on any atom is 0.390 e. The van der Waals surface area contributed by atoms with E-state index in [4.69, 9.17) is 17.3 Å². The highest BCUT2D eigenvalue weighted by Gasteiger charge is 2.29. The minimum absolute atomic E-state index is 0.0141. The highest BCUT2D eigenvalue weighted by molar-refractivity contribution is 6.30. The first-order valence-electron chi connectivity index (χ1n) is 10.2. The predicted molar refractivity (Wildman–Crippen MR) is 119 cm³/mol. The van der Waals surface area contributed by atoms with E-state index in [1.54, 1.807) is 31.3 Å². The second kappa shape index (κ2) is 9.33. The summed E-state index contributed by atoms with van der Waals surface area (Å²) in [6.07, 6.45) is -2.64. The van der Waals surface area contributed by atoms with Crippen molar-refractivity contribution in [2.75, 3.05) is 0 Å². The normalized spacial score (nSPS) is 11.7. The number of benzene rings is 1. The monoisotopic (exact) mass is 506 g/mol. The summed E-state index contributed by atoms with van der Waals surface area (Å²) in [5, 5.41) is 8.91. The largest absolute Gasteiger partial charge is 0.390 e. The van der Waals surface area contributed by atoms with Gasteiger partial charge in [0.05, 0.1) is 12.1 Å². The van der Waals surface area contributed by atoms with E-state index in [2.05, 4.69) is 20.2 Å². The van der Waals surface area contributed by atoms with Gasteiger partial charge in [-0.2, -0.15) is 13.2 Å². The van der Waals surface area contributed by atoms with Crippen LogP contribution in [0, 0.1) is 6.92 Å². The molecule has 1 amide bonds. The minimum atomic E-state index is -4.47. The van der Waals surface area contributed by atoms with Crippen LogP contribution in [0.4, 0.5) is 13.2 Å². The smallest absolute Gasteiger partial charge is 0.363 e. The molecular weight excluding hydrogens is 489 g/mol. The molecular formula is C21H18ClF3N8O2. The van der Waals surface area contributed by atoms with Gasteiger partial charge in [0.2, 0.25) is 5.82 Å². The highest BCUT2D eigenvalue weighted by atomic mass is 35.5. The quantitative estimate of drug-likeness (QED) is 0.410. The number of halogens is 4. The second-order valence-electron chi connectivity index (χ2n) is 7.58. The predicted octanol–water partition coefficient (Wildman–Crippen LogP) is 2.75. The highest BCUT2D eigenvalue weighted by Crippen LogP contribution is 2.23. The molecule has 0 aliphatic rings. The van der Waals surface area contributed by atoms with Gasteiger partial charge in [-0.25, -0.2) is 19.1 Å².